The lowest BCUT2D eigenvalue weighted by atomic mass is 9.68. The summed E-state index contributed by atoms with van der Waals surface area (Å²) in [7, 11) is 0. The van der Waals surface area contributed by atoms with Crippen LogP contribution in [0.15, 0.2) is 54.6 Å². The third kappa shape index (κ3) is 5.71. The number of rotatable bonds is 9. The maximum absolute atomic E-state index is 6.42. The first-order valence-corrected chi connectivity index (χ1v) is 11.6. The molecule has 0 spiro atoms. The topological polar surface area (TPSA) is 12.5 Å². The minimum atomic E-state index is 0.390. The van der Waals surface area contributed by atoms with Gasteiger partial charge in [-0.05, 0) is 79.6 Å². The van der Waals surface area contributed by atoms with Crippen LogP contribution in [0.2, 0.25) is 0 Å². The van der Waals surface area contributed by atoms with Crippen molar-refractivity contribution in [2.75, 3.05) is 13.1 Å². The van der Waals surface area contributed by atoms with Crippen molar-refractivity contribution in [3.05, 3.63) is 71.3 Å². The van der Waals surface area contributed by atoms with Gasteiger partial charge in [0.05, 0.1) is 12.7 Å². The molecule has 1 atom stereocenters. The van der Waals surface area contributed by atoms with Crippen molar-refractivity contribution in [3.63, 3.8) is 0 Å². The van der Waals surface area contributed by atoms with E-state index in [9.17, 15) is 0 Å². The van der Waals surface area contributed by atoms with Gasteiger partial charge in [-0.15, -0.1) is 0 Å². The zero-order valence-electron chi connectivity index (χ0n) is 18.2. The smallest absolute Gasteiger partial charge is 0.0720 e. The van der Waals surface area contributed by atoms with Gasteiger partial charge in [0.2, 0.25) is 0 Å². The van der Waals surface area contributed by atoms with Gasteiger partial charge >= 0.3 is 0 Å². The third-order valence-electron chi connectivity index (χ3n) is 6.77. The van der Waals surface area contributed by atoms with Gasteiger partial charge in [0.15, 0.2) is 0 Å². The van der Waals surface area contributed by atoms with Crippen LogP contribution in [0.4, 0.5) is 0 Å². The lowest BCUT2D eigenvalue weighted by Gasteiger charge is -2.41. The van der Waals surface area contributed by atoms with Crippen LogP contribution in [-0.2, 0) is 17.9 Å². The molecule has 2 heteroatoms. The van der Waals surface area contributed by atoms with Crippen molar-refractivity contribution in [2.45, 2.75) is 71.1 Å². The van der Waals surface area contributed by atoms with E-state index in [0.717, 1.165) is 19.1 Å². The number of nitrogens with zero attached hydrogens (tertiary/aromatic N) is 1. The Hall–Kier alpha value is -1.64. The minimum Gasteiger partial charge on any atom is -0.373 e. The zero-order valence-corrected chi connectivity index (χ0v) is 18.2. The molecule has 0 amide bonds. The minimum absolute atomic E-state index is 0.390. The molecule has 2 fully saturated rings. The quantitative estimate of drug-likeness (QED) is 0.490. The Kier molecular flexibility index (Phi) is 7.05. The van der Waals surface area contributed by atoms with Crippen LogP contribution < -0.4 is 0 Å². The average molecular weight is 392 g/mol. The average Bonchev–Trinajstić information content (AvgIpc) is 3.19. The summed E-state index contributed by atoms with van der Waals surface area (Å²) < 4.78 is 6.42. The van der Waals surface area contributed by atoms with Crippen molar-refractivity contribution in [2.24, 2.45) is 11.8 Å². The molecule has 2 aliphatic rings. The molecule has 0 N–H and O–H groups in total. The van der Waals surface area contributed by atoms with Crippen molar-refractivity contribution >= 4 is 0 Å². The molecule has 2 nitrogen and oxygen atoms in total. The largest absolute Gasteiger partial charge is 0.373 e. The lowest BCUT2D eigenvalue weighted by molar-refractivity contribution is -0.0411. The fourth-order valence-electron chi connectivity index (χ4n) is 4.97. The molecule has 0 bridgehead atoms. The van der Waals surface area contributed by atoms with Crippen LogP contribution in [0, 0.1) is 11.8 Å². The normalized spacial score (nSPS) is 23.3. The molecule has 0 radical (unpaired) electrons. The van der Waals surface area contributed by atoms with E-state index < -0.39 is 0 Å². The number of benzene rings is 2. The highest BCUT2D eigenvalue weighted by atomic mass is 16.5. The molecular formula is C27H37NO. The van der Waals surface area contributed by atoms with Gasteiger partial charge in [0.1, 0.15) is 0 Å². The molecule has 0 aromatic heterocycles. The van der Waals surface area contributed by atoms with Gasteiger partial charge in [-0.1, -0.05) is 68.4 Å². The Morgan fingerprint density at radius 3 is 2.24 bits per heavy atom. The second-order valence-corrected chi connectivity index (χ2v) is 9.62. The Bertz CT molecular complexity index is 727. The van der Waals surface area contributed by atoms with Crippen LogP contribution in [0.25, 0.3) is 0 Å². The van der Waals surface area contributed by atoms with E-state index in [0.29, 0.717) is 17.9 Å². The van der Waals surface area contributed by atoms with E-state index in [1.807, 2.05) is 0 Å². The van der Waals surface area contributed by atoms with Gasteiger partial charge in [-0.2, -0.15) is 0 Å². The Morgan fingerprint density at radius 2 is 1.59 bits per heavy atom. The predicted octanol–water partition coefficient (Wildman–Crippen LogP) is 6.41. The first-order valence-electron chi connectivity index (χ1n) is 11.6. The second kappa shape index (κ2) is 9.91. The molecule has 1 aliphatic heterocycles. The van der Waals surface area contributed by atoms with Gasteiger partial charge in [0.25, 0.3) is 0 Å². The highest BCUT2D eigenvalue weighted by Crippen LogP contribution is 2.45. The van der Waals surface area contributed by atoms with Crippen LogP contribution >= 0.6 is 0 Å². The third-order valence-corrected chi connectivity index (χ3v) is 6.77. The van der Waals surface area contributed by atoms with E-state index in [2.05, 4.69) is 73.3 Å². The molecule has 2 aromatic carbocycles. The van der Waals surface area contributed by atoms with E-state index in [1.54, 1.807) is 0 Å². The summed E-state index contributed by atoms with van der Waals surface area (Å²) in [5.41, 5.74) is 4.28. The van der Waals surface area contributed by atoms with Gasteiger partial charge in [-0.3, -0.25) is 4.90 Å². The van der Waals surface area contributed by atoms with E-state index in [4.69, 9.17) is 4.74 Å². The number of likely N-dealkylation sites (tertiary alicyclic amines) is 1. The van der Waals surface area contributed by atoms with Crippen LogP contribution in [0.5, 0.6) is 0 Å². The molecule has 1 aliphatic carbocycles. The summed E-state index contributed by atoms with van der Waals surface area (Å²) in [6.45, 7) is 9.03. The Morgan fingerprint density at radius 1 is 0.897 bits per heavy atom. The zero-order chi connectivity index (χ0) is 20.1. The van der Waals surface area contributed by atoms with Crippen molar-refractivity contribution in [3.8, 4) is 0 Å². The summed E-state index contributed by atoms with van der Waals surface area (Å²) >= 11 is 0. The second-order valence-electron chi connectivity index (χ2n) is 9.62. The van der Waals surface area contributed by atoms with Crippen molar-refractivity contribution in [1.29, 1.82) is 0 Å². The molecule has 1 saturated heterocycles. The predicted molar refractivity (Wildman–Crippen MR) is 121 cm³/mol. The maximum Gasteiger partial charge on any atom is 0.0720 e. The summed E-state index contributed by atoms with van der Waals surface area (Å²) in [4.78, 5) is 2.58. The number of hydrogen-bond acceptors (Lipinski definition) is 2. The van der Waals surface area contributed by atoms with Gasteiger partial charge in [-0.25, -0.2) is 0 Å². The molecule has 1 heterocycles. The van der Waals surface area contributed by atoms with Crippen molar-refractivity contribution in [1.82, 2.24) is 4.90 Å². The Labute approximate surface area is 177 Å². The molecule has 1 unspecified atom stereocenters. The fraction of sp³-hybridized carbons (Fsp3) is 0.556. The summed E-state index contributed by atoms with van der Waals surface area (Å²) in [6.07, 6.45) is 6.84. The number of hydrogen-bond donors (Lipinski definition) is 0. The highest BCUT2D eigenvalue weighted by Gasteiger charge is 2.36. The van der Waals surface area contributed by atoms with E-state index >= 15 is 0 Å². The maximum atomic E-state index is 6.42. The standard InChI is InChI=1S/C27H37NO/c1-21(2)16-27(29-20-23-8-4-3-5-9-23)26-17-25(18-26)24-12-10-22(11-13-24)19-28-14-6-7-15-28/h3-5,8-13,21,25-27H,6-7,14-20H2,1-2H3. The molecule has 1 saturated carbocycles. The molecule has 2 aromatic rings. The molecule has 156 valence electrons. The van der Waals surface area contributed by atoms with Crippen LogP contribution in [0.3, 0.4) is 0 Å². The summed E-state index contributed by atoms with van der Waals surface area (Å²) in [5.74, 6) is 2.10. The molecular weight excluding hydrogens is 354 g/mol. The monoisotopic (exact) mass is 391 g/mol. The summed E-state index contributed by atoms with van der Waals surface area (Å²) in [5, 5.41) is 0. The lowest BCUT2D eigenvalue weighted by Crippen LogP contribution is -2.35. The first kappa shape index (κ1) is 20.6. The Balaban J connectivity index is 1.28. The summed E-state index contributed by atoms with van der Waals surface area (Å²) in [6, 6.07) is 20.1. The fourth-order valence-corrected chi connectivity index (χ4v) is 4.97. The molecule has 4 rings (SSSR count). The van der Waals surface area contributed by atoms with Crippen LogP contribution in [0.1, 0.15) is 68.6 Å². The highest BCUT2D eigenvalue weighted by molar-refractivity contribution is 5.27. The SMILES string of the molecule is CC(C)CC(OCc1ccccc1)C1CC(c2ccc(CN3CCCC3)cc2)C1. The first-order chi connectivity index (χ1) is 14.2. The van der Waals surface area contributed by atoms with E-state index in [1.165, 1.54) is 61.9 Å². The number of ether oxygens (including phenoxy) is 1. The van der Waals surface area contributed by atoms with E-state index in [-0.39, 0.29) is 0 Å². The van der Waals surface area contributed by atoms with Crippen LogP contribution in [-0.4, -0.2) is 24.1 Å². The van der Waals surface area contributed by atoms with Gasteiger partial charge in [0, 0.05) is 6.54 Å². The van der Waals surface area contributed by atoms with Crippen molar-refractivity contribution < 1.29 is 4.74 Å². The van der Waals surface area contributed by atoms with Gasteiger partial charge < -0.3 is 4.74 Å². The molecule has 29 heavy (non-hydrogen) atoms.